The number of rotatable bonds is 11. The minimum absolute atomic E-state index is 0.284. The van der Waals surface area contributed by atoms with Crippen LogP contribution in [0.1, 0.15) is 31.1 Å². The number of hydrogen-bond donors (Lipinski definition) is 6. The first-order valence-corrected chi connectivity index (χ1v) is 11.0. The van der Waals surface area contributed by atoms with Crippen LogP contribution in [0.25, 0.3) is 0 Å². The minimum atomic E-state index is -3.72. The molecule has 0 aliphatic rings. The van der Waals surface area contributed by atoms with Crippen LogP contribution in [0.4, 0.5) is 0 Å². The Morgan fingerprint density at radius 2 is 0.944 bits per heavy atom. The molecule has 0 saturated carbocycles. The minimum Gasteiger partial charge on any atom is -0.394 e. The van der Waals surface area contributed by atoms with Crippen LogP contribution in [-0.4, -0.2) is 84.1 Å². The van der Waals surface area contributed by atoms with Crippen LogP contribution in [-0.2, 0) is 0 Å². The van der Waals surface area contributed by atoms with Gasteiger partial charge in [0.2, 0.25) is 23.0 Å². The first-order valence-electron chi connectivity index (χ1n) is 11.0. The van der Waals surface area contributed by atoms with Gasteiger partial charge in [0.1, 0.15) is 18.3 Å². The van der Waals surface area contributed by atoms with E-state index in [1.54, 1.807) is 12.1 Å². The molecule has 0 amide bonds. The van der Waals surface area contributed by atoms with E-state index < -0.39 is 53.5 Å². The number of aliphatic hydroxyl groups excluding tert-OH is 4. The highest BCUT2D eigenvalue weighted by atomic mass is 16.4. The molecule has 188 valence electrons. The molecule has 0 unspecified atom stereocenters. The second kappa shape index (κ2) is 11.0. The molecular formula is C27H26O9. The summed E-state index contributed by atoms with van der Waals surface area (Å²) in [4.78, 5) is 41.2. The summed E-state index contributed by atoms with van der Waals surface area (Å²) in [5.41, 5.74) is -8.28. The van der Waals surface area contributed by atoms with Gasteiger partial charge in [0.25, 0.3) is 0 Å². The number of benzene rings is 3. The van der Waals surface area contributed by atoms with E-state index in [1.807, 2.05) is 0 Å². The maximum atomic E-state index is 13.7. The Hall–Kier alpha value is -3.57. The van der Waals surface area contributed by atoms with Gasteiger partial charge in [0.15, 0.2) is 5.60 Å². The van der Waals surface area contributed by atoms with E-state index in [2.05, 4.69) is 0 Å². The molecule has 9 nitrogen and oxygen atoms in total. The van der Waals surface area contributed by atoms with Crippen molar-refractivity contribution in [2.45, 2.75) is 29.5 Å². The Bertz CT molecular complexity index is 1150. The molecule has 0 saturated heterocycles. The third-order valence-corrected chi connectivity index (χ3v) is 6.00. The maximum Gasteiger partial charge on any atom is 0.229 e. The number of carbonyl (C=O) groups is 3. The zero-order chi connectivity index (χ0) is 26.5. The molecule has 0 aliphatic carbocycles. The molecule has 0 bridgehead atoms. The van der Waals surface area contributed by atoms with Gasteiger partial charge in [-0.1, -0.05) is 91.0 Å². The average molecular weight is 494 g/mol. The lowest BCUT2D eigenvalue weighted by Crippen LogP contribution is -2.75. The maximum absolute atomic E-state index is 13.7. The molecule has 0 radical (unpaired) electrons. The van der Waals surface area contributed by atoms with Crippen LogP contribution in [0.3, 0.4) is 0 Å². The van der Waals surface area contributed by atoms with Crippen molar-refractivity contribution >= 4 is 17.3 Å². The smallest absolute Gasteiger partial charge is 0.229 e. The normalized spacial score (nSPS) is 15.8. The summed E-state index contributed by atoms with van der Waals surface area (Å²) < 4.78 is 0. The van der Waals surface area contributed by atoms with Gasteiger partial charge < -0.3 is 30.6 Å². The summed E-state index contributed by atoms with van der Waals surface area (Å²) in [6, 6.07) is 20.4. The standard InChI is InChI=1S/C27H26O9/c28-16-20(29)21(30)25(34)27(36,24(33)19-14-8-3-9-15-19)26(35,22(31)17-10-4-1-5-11-17)23(32)18-12-6-2-7-13-18/h1-15,20-21,25,28-30,34-36H,16H2/t20-,21-,25+,27+/m1/s1. The Labute approximate surface area is 206 Å². The Morgan fingerprint density at radius 3 is 1.28 bits per heavy atom. The molecule has 4 atom stereocenters. The summed E-state index contributed by atoms with van der Waals surface area (Å²) in [6.07, 6.45) is -7.36. The van der Waals surface area contributed by atoms with Crippen molar-refractivity contribution in [3.05, 3.63) is 108 Å². The SMILES string of the molecule is O=C(c1ccccc1)C(O)(C(=O)c1ccccc1)[C@](O)(C(=O)c1ccccc1)[C@@H](O)[C@H](O)[C@H](O)CO. The van der Waals surface area contributed by atoms with E-state index in [9.17, 15) is 45.0 Å². The molecule has 3 aromatic carbocycles. The van der Waals surface area contributed by atoms with Crippen molar-refractivity contribution in [2.75, 3.05) is 6.61 Å². The molecule has 3 rings (SSSR count). The molecule has 36 heavy (non-hydrogen) atoms. The largest absolute Gasteiger partial charge is 0.394 e. The van der Waals surface area contributed by atoms with Crippen molar-refractivity contribution in [3.8, 4) is 0 Å². The molecular weight excluding hydrogens is 468 g/mol. The fourth-order valence-corrected chi connectivity index (χ4v) is 3.93. The van der Waals surface area contributed by atoms with Gasteiger partial charge in [-0.25, -0.2) is 0 Å². The number of hydrogen-bond acceptors (Lipinski definition) is 9. The highest BCUT2D eigenvalue weighted by Crippen LogP contribution is 2.38. The molecule has 0 spiro atoms. The van der Waals surface area contributed by atoms with Gasteiger partial charge in [0.05, 0.1) is 6.61 Å². The van der Waals surface area contributed by atoms with Crippen LogP contribution < -0.4 is 0 Å². The van der Waals surface area contributed by atoms with Crippen LogP contribution in [0, 0.1) is 0 Å². The molecule has 6 N–H and O–H groups in total. The van der Waals surface area contributed by atoms with E-state index >= 15 is 0 Å². The second-order valence-electron chi connectivity index (χ2n) is 8.25. The molecule has 0 heterocycles. The highest BCUT2D eigenvalue weighted by molar-refractivity contribution is 6.27. The van der Waals surface area contributed by atoms with Crippen molar-refractivity contribution in [1.29, 1.82) is 0 Å². The van der Waals surface area contributed by atoms with Crippen LogP contribution in [0.2, 0.25) is 0 Å². The van der Waals surface area contributed by atoms with Gasteiger partial charge in [-0.2, -0.15) is 0 Å². The highest BCUT2D eigenvalue weighted by Gasteiger charge is 2.68. The summed E-state index contributed by atoms with van der Waals surface area (Å²) in [7, 11) is 0. The number of aliphatic hydroxyl groups is 6. The van der Waals surface area contributed by atoms with Gasteiger partial charge >= 0.3 is 0 Å². The van der Waals surface area contributed by atoms with E-state index in [-0.39, 0.29) is 16.7 Å². The Morgan fingerprint density at radius 1 is 0.611 bits per heavy atom. The van der Waals surface area contributed by atoms with Crippen molar-refractivity contribution in [1.82, 2.24) is 0 Å². The fraction of sp³-hybridized carbons (Fsp3) is 0.222. The first-order chi connectivity index (χ1) is 17.1. The fourth-order valence-electron chi connectivity index (χ4n) is 3.93. The zero-order valence-corrected chi connectivity index (χ0v) is 19.0. The summed E-state index contributed by atoms with van der Waals surface area (Å²) in [6.45, 7) is -1.11. The topological polar surface area (TPSA) is 173 Å². The number of carbonyl (C=O) groups excluding carboxylic acids is 3. The number of ketones is 3. The average Bonchev–Trinajstić information content (AvgIpc) is 2.95. The summed E-state index contributed by atoms with van der Waals surface area (Å²) in [5, 5.41) is 64.5. The molecule has 0 fully saturated rings. The molecule has 3 aromatic rings. The van der Waals surface area contributed by atoms with E-state index in [1.165, 1.54) is 78.9 Å². The lowest BCUT2D eigenvalue weighted by atomic mass is 9.65. The third kappa shape index (κ3) is 4.63. The van der Waals surface area contributed by atoms with Crippen molar-refractivity contribution in [2.24, 2.45) is 0 Å². The van der Waals surface area contributed by atoms with Crippen LogP contribution >= 0.6 is 0 Å². The molecule has 9 heteroatoms. The lowest BCUT2D eigenvalue weighted by Gasteiger charge is -2.44. The Kier molecular flexibility index (Phi) is 8.26. The van der Waals surface area contributed by atoms with Crippen molar-refractivity contribution < 1.29 is 45.0 Å². The predicted octanol–water partition coefficient (Wildman–Crippen LogP) is 0.172. The second-order valence-corrected chi connectivity index (χ2v) is 8.25. The quantitative estimate of drug-likeness (QED) is 0.160. The van der Waals surface area contributed by atoms with E-state index in [0.29, 0.717) is 0 Å². The predicted molar refractivity (Wildman–Crippen MR) is 127 cm³/mol. The van der Waals surface area contributed by atoms with Gasteiger partial charge in [0, 0.05) is 16.7 Å². The van der Waals surface area contributed by atoms with Crippen LogP contribution in [0.5, 0.6) is 0 Å². The summed E-state index contributed by atoms with van der Waals surface area (Å²) in [5.74, 6) is -4.35. The van der Waals surface area contributed by atoms with Gasteiger partial charge in [-0.05, 0) is 0 Å². The third-order valence-electron chi connectivity index (χ3n) is 6.00. The Balaban J connectivity index is 2.35. The van der Waals surface area contributed by atoms with E-state index in [0.717, 1.165) is 0 Å². The zero-order valence-electron chi connectivity index (χ0n) is 19.0. The van der Waals surface area contributed by atoms with Gasteiger partial charge in [-0.3, -0.25) is 14.4 Å². The summed E-state index contributed by atoms with van der Waals surface area (Å²) >= 11 is 0. The monoisotopic (exact) mass is 494 g/mol. The lowest BCUT2D eigenvalue weighted by molar-refractivity contribution is -0.181. The van der Waals surface area contributed by atoms with Gasteiger partial charge in [-0.15, -0.1) is 0 Å². The van der Waals surface area contributed by atoms with Crippen LogP contribution in [0.15, 0.2) is 91.0 Å². The molecule has 0 aromatic heterocycles. The van der Waals surface area contributed by atoms with Crippen molar-refractivity contribution in [3.63, 3.8) is 0 Å². The first kappa shape index (κ1) is 27.0. The molecule has 0 aliphatic heterocycles. The van der Waals surface area contributed by atoms with E-state index in [4.69, 9.17) is 0 Å². The number of Topliss-reactive ketones (excluding diaryl/α,β-unsaturated/α-hetero) is 3.